The largest absolute Gasteiger partial charge is 0.492 e. The van der Waals surface area contributed by atoms with Gasteiger partial charge >= 0.3 is 12.3 Å². The van der Waals surface area contributed by atoms with Crippen molar-refractivity contribution in [2.24, 2.45) is 0 Å². The second-order valence-corrected chi connectivity index (χ2v) is 4.25. The molecule has 0 saturated heterocycles. The molecule has 0 saturated carbocycles. The van der Waals surface area contributed by atoms with E-state index in [1.165, 1.54) is 7.11 Å². The third-order valence-electron chi connectivity index (χ3n) is 2.01. The Bertz CT molecular complexity index is 469. The van der Waals surface area contributed by atoms with Crippen molar-refractivity contribution >= 4 is 22.0 Å². The Morgan fingerprint density at radius 2 is 2.17 bits per heavy atom. The number of halogens is 4. The van der Waals surface area contributed by atoms with Crippen LogP contribution in [-0.2, 0) is 0 Å². The zero-order chi connectivity index (χ0) is 13.9. The zero-order valence-corrected chi connectivity index (χ0v) is 9.95. The van der Waals surface area contributed by atoms with Crippen molar-refractivity contribution in [3.05, 3.63) is 4.88 Å². The van der Waals surface area contributed by atoms with Crippen molar-refractivity contribution in [3.8, 4) is 11.8 Å². The molecule has 3 N–H and O–H groups in total. The predicted molar refractivity (Wildman–Crippen MR) is 59.4 cm³/mol. The van der Waals surface area contributed by atoms with Crippen LogP contribution in [0, 0.1) is 11.3 Å². The van der Waals surface area contributed by atoms with E-state index >= 15 is 0 Å². The molecule has 0 aliphatic rings. The summed E-state index contributed by atoms with van der Waals surface area (Å²) in [6.07, 6.45) is -3.77. The minimum atomic E-state index is -4.17. The highest BCUT2D eigenvalue weighted by molar-refractivity contribution is 7.17. The fourth-order valence-corrected chi connectivity index (χ4v) is 1.99. The summed E-state index contributed by atoms with van der Waals surface area (Å²) in [6.45, 7) is -1.27. The van der Waals surface area contributed by atoms with E-state index in [0.717, 1.165) is 11.3 Å². The van der Waals surface area contributed by atoms with Gasteiger partial charge in [0.05, 0.1) is 13.7 Å². The lowest BCUT2D eigenvalue weighted by Gasteiger charge is -2.16. The van der Waals surface area contributed by atoms with Crippen molar-refractivity contribution in [1.29, 1.82) is 5.26 Å². The highest BCUT2D eigenvalue weighted by Gasteiger charge is 2.40. The van der Waals surface area contributed by atoms with Crippen molar-refractivity contribution < 1.29 is 22.3 Å². The third kappa shape index (κ3) is 2.76. The highest BCUT2D eigenvalue weighted by atomic mass is 32.1. The van der Waals surface area contributed by atoms with E-state index in [2.05, 4.69) is 5.32 Å². The SMILES string of the molecule is COc1c(NCC(F)(F)C(F)F)sc(C#N)c1N. The van der Waals surface area contributed by atoms with Gasteiger partial charge in [0.15, 0.2) is 5.75 Å². The van der Waals surface area contributed by atoms with Crippen LogP contribution in [0.1, 0.15) is 4.88 Å². The highest BCUT2D eigenvalue weighted by Crippen LogP contribution is 2.42. The molecule has 0 aliphatic heterocycles. The molecule has 18 heavy (non-hydrogen) atoms. The third-order valence-corrected chi connectivity index (χ3v) is 3.06. The summed E-state index contributed by atoms with van der Waals surface area (Å²) in [4.78, 5) is 0.0645. The fraction of sp³-hybridized carbons (Fsp3) is 0.444. The molecule has 0 spiro atoms. The summed E-state index contributed by atoms with van der Waals surface area (Å²) >= 11 is 0.763. The van der Waals surface area contributed by atoms with Gasteiger partial charge in [0.1, 0.15) is 21.6 Å². The first kappa shape index (κ1) is 14.4. The summed E-state index contributed by atoms with van der Waals surface area (Å²) in [7, 11) is 1.23. The lowest BCUT2D eigenvalue weighted by atomic mass is 10.3. The van der Waals surface area contributed by atoms with Crippen molar-refractivity contribution in [2.45, 2.75) is 12.3 Å². The van der Waals surface area contributed by atoms with E-state index in [9.17, 15) is 17.6 Å². The molecule has 1 aromatic rings. The molecule has 4 nitrogen and oxygen atoms in total. The zero-order valence-electron chi connectivity index (χ0n) is 9.14. The number of rotatable bonds is 5. The standard InChI is InChI=1S/C9H9F4N3OS/c1-17-6-5(15)4(2-14)18-7(6)16-3-9(12,13)8(10)11/h8,16H,3,15H2,1H3. The Morgan fingerprint density at radius 1 is 1.56 bits per heavy atom. The van der Waals surface area contributed by atoms with Gasteiger partial charge in [-0.2, -0.15) is 14.0 Å². The lowest BCUT2D eigenvalue weighted by molar-refractivity contribution is -0.117. The molecule has 0 radical (unpaired) electrons. The molecule has 0 amide bonds. The molecular formula is C9H9F4N3OS. The number of hydrogen-bond donors (Lipinski definition) is 2. The minimum Gasteiger partial charge on any atom is -0.492 e. The topological polar surface area (TPSA) is 71.1 Å². The molecule has 1 heterocycles. The molecule has 0 aromatic carbocycles. The van der Waals surface area contributed by atoms with Gasteiger partial charge in [-0.3, -0.25) is 0 Å². The number of nitrogens with two attached hydrogens (primary N) is 1. The first-order valence-electron chi connectivity index (χ1n) is 4.59. The minimum absolute atomic E-state index is 0.00150. The van der Waals surface area contributed by atoms with Gasteiger partial charge < -0.3 is 15.8 Å². The summed E-state index contributed by atoms with van der Waals surface area (Å²) < 4.78 is 54.2. The van der Waals surface area contributed by atoms with Crippen molar-refractivity contribution in [3.63, 3.8) is 0 Å². The Hall–Kier alpha value is -1.69. The average Bonchev–Trinajstić information content (AvgIpc) is 2.62. The van der Waals surface area contributed by atoms with Crippen LogP contribution in [0.3, 0.4) is 0 Å². The summed E-state index contributed by atoms with van der Waals surface area (Å²) in [6, 6.07) is 1.75. The number of nitriles is 1. The van der Waals surface area contributed by atoms with Crippen LogP contribution in [-0.4, -0.2) is 26.0 Å². The number of nitrogens with one attached hydrogen (secondary N) is 1. The van der Waals surface area contributed by atoms with E-state index in [4.69, 9.17) is 15.7 Å². The molecule has 9 heteroatoms. The van der Waals surface area contributed by atoms with Gasteiger partial charge in [0.25, 0.3) is 0 Å². The molecule has 0 atom stereocenters. The molecule has 100 valence electrons. The quantitative estimate of drug-likeness (QED) is 0.815. The summed E-state index contributed by atoms with van der Waals surface area (Å²) in [5.41, 5.74) is 5.50. The van der Waals surface area contributed by atoms with Crippen LogP contribution in [0.15, 0.2) is 0 Å². The first-order chi connectivity index (χ1) is 8.33. The Kier molecular flexibility index (Phi) is 4.24. The number of alkyl halides is 4. The average molecular weight is 283 g/mol. The van der Waals surface area contributed by atoms with Crippen molar-refractivity contribution in [1.82, 2.24) is 0 Å². The van der Waals surface area contributed by atoms with Crippen molar-refractivity contribution in [2.75, 3.05) is 24.7 Å². The Morgan fingerprint density at radius 3 is 2.61 bits per heavy atom. The van der Waals surface area contributed by atoms with Crippen LogP contribution < -0.4 is 15.8 Å². The number of anilines is 2. The molecule has 1 rings (SSSR count). The van der Waals surface area contributed by atoms with Crippen LogP contribution in [0.2, 0.25) is 0 Å². The molecule has 0 fully saturated rings. The van der Waals surface area contributed by atoms with Gasteiger partial charge in [-0.1, -0.05) is 0 Å². The second-order valence-electron chi connectivity index (χ2n) is 3.23. The number of thiophene rings is 1. The molecular weight excluding hydrogens is 274 g/mol. The van der Waals surface area contributed by atoms with Crippen LogP contribution >= 0.6 is 11.3 Å². The van der Waals surface area contributed by atoms with Crippen LogP contribution in [0.5, 0.6) is 5.75 Å². The fourth-order valence-electron chi connectivity index (χ4n) is 1.11. The van der Waals surface area contributed by atoms with Crippen LogP contribution in [0.25, 0.3) is 0 Å². The maximum Gasteiger partial charge on any atom is 0.324 e. The number of methoxy groups -OCH3 is 1. The molecule has 0 bridgehead atoms. The Labute approximate surface area is 104 Å². The van der Waals surface area contributed by atoms with E-state index in [1.54, 1.807) is 6.07 Å². The second kappa shape index (κ2) is 5.30. The maximum absolute atomic E-state index is 12.7. The van der Waals surface area contributed by atoms with Gasteiger partial charge in [-0.25, -0.2) is 8.78 Å². The predicted octanol–water partition coefficient (Wildman–Crippen LogP) is 2.52. The Balaban J connectivity index is 2.89. The van der Waals surface area contributed by atoms with Gasteiger partial charge in [-0.15, -0.1) is 11.3 Å². The van der Waals surface area contributed by atoms with Gasteiger partial charge in [0, 0.05) is 0 Å². The molecule has 1 aromatic heterocycles. The number of ether oxygens (including phenoxy) is 1. The molecule has 0 unspecified atom stereocenters. The van der Waals surface area contributed by atoms with E-state index in [-0.39, 0.29) is 21.3 Å². The number of hydrogen-bond acceptors (Lipinski definition) is 5. The first-order valence-corrected chi connectivity index (χ1v) is 5.41. The number of nitrogens with zero attached hydrogens (tertiary/aromatic N) is 1. The lowest BCUT2D eigenvalue weighted by Crippen LogP contribution is -2.34. The van der Waals surface area contributed by atoms with E-state index < -0.39 is 18.9 Å². The van der Waals surface area contributed by atoms with Crippen LogP contribution in [0.4, 0.5) is 28.3 Å². The van der Waals surface area contributed by atoms with Gasteiger partial charge in [-0.05, 0) is 0 Å². The molecule has 0 aliphatic carbocycles. The van der Waals surface area contributed by atoms with E-state index in [1.807, 2.05) is 0 Å². The summed E-state index contributed by atoms with van der Waals surface area (Å²) in [5, 5.41) is 10.8. The van der Waals surface area contributed by atoms with Gasteiger partial charge in [0.2, 0.25) is 0 Å². The normalized spacial score (nSPS) is 11.4. The smallest absolute Gasteiger partial charge is 0.324 e. The maximum atomic E-state index is 12.7. The van der Waals surface area contributed by atoms with E-state index in [0.29, 0.717) is 0 Å². The number of nitrogen functional groups attached to an aromatic ring is 1. The summed E-state index contributed by atoms with van der Waals surface area (Å²) in [5.74, 6) is -4.17. The monoisotopic (exact) mass is 283 g/mol.